The summed E-state index contributed by atoms with van der Waals surface area (Å²) in [4.78, 5) is 8.42. The van der Waals surface area contributed by atoms with E-state index < -0.39 is 0 Å². The third kappa shape index (κ3) is 3.09. The number of rotatable bonds is 2. The van der Waals surface area contributed by atoms with Gasteiger partial charge in [-0.1, -0.05) is 12.1 Å². The molecule has 0 radical (unpaired) electrons. The number of hydrogen-bond donors (Lipinski definition) is 0. The van der Waals surface area contributed by atoms with Crippen molar-refractivity contribution in [3.05, 3.63) is 56.7 Å². The highest BCUT2D eigenvalue weighted by molar-refractivity contribution is 9.11. The first-order chi connectivity index (χ1) is 7.63. The third-order valence-corrected chi connectivity index (χ3v) is 2.77. The van der Waals surface area contributed by atoms with E-state index in [4.69, 9.17) is 0 Å². The van der Waals surface area contributed by atoms with E-state index in [-0.39, 0.29) is 5.82 Å². The summed E-state index contributed by atoms with van der Waals surface area (Å²) >= 11 is 6.57. The summed E-state index contributed by atoms with van der Waals surface area (Å²) < 4.78 is 14.4. The molecule has 0 amide bonds. The fourth-order valence-corrected chi connectivity index (χ4v) is 2.49. The second-order valence-corrected chi connectivity index (χ2v) is 4.86. The predicted octanol–water partition coefficient (Wildman–Crippen LogP) is 3.73. The summed E-state index contributed by atoms with van der Waals surface area (Å²) in [5.41, 5.74) is 0.852. The normalized spacial score (nSPS) is 10.4. The van der Waals surface area contributed by atoms with Gasteiger partial charge in [0, 0.05) is 12.5 Å². The first kappa shape index (κ1) is 11.7. The van der Waals surface area contributed by atoms with Gasteiger partial charge in [-0.25, -0.2) is 14.4 Å². The van der Waals surface area contributed by atoms with E-state index in [1.54, 1.807) is 12.1 Å². The van der Waals surface area contributed by atoms with E-state index in [0.29, 0.717) is 21.5 Å². The lowest BCUT2D eigenvalue weighted by Crippen LogP contribution is -1.97. The molecule has 0 unspecified atom stereocenters. The molecule has 82 valence electrons. The average molecular weight is 346 g/mol. The summed E-state index contributed by atoms with van der Waals surface area (Å²) in [5.74, 6) is 0.401. The minimum Gasteiger partial charge on any atom is -0.226 e. The standard InChI is InChI=1S/C11H7Br2FN2/c12-9-6-10(13)16-11(15-9)5-7-2-1-3-8(14)4-7/h1-4,6H,5H2. The van der Waals surface area contributed by atoms with Crippen molar-refractivity contribution in [2.24, 2.45) is 0 Å². The van der Waals surface area contributed by atoms with Crippen molar-refractivity contribution in [2.75, 3.05) is 0 Å². The van der Waals surface area contributed by atoms with E-state index in [9.17, 15) is 4.39 Å². The maximum atomic E-state index is 13.0. The highest BCUT2D eigenvalue weighted by atomic mass is 79.9. The van der Waals surface area contributed by atoms with Crippen LogP contribution in [0.25, 0.3) is 0 Å². The van der Waals surface area contributed by atoms with Gasteiger partial charge in [0.05, 0.1) is 0 Å². The van der Waals surface area contributed by atoms with Gasteiger partial charge in [-0.2, -0.15) is 0 Å². The number of hydrogen-bond acceptors (Lipinski definition) is 2. The lowest BCUT2D eigenvalue weighted by molar-refractivity contribution is 0.625. The fourth-order valence-electron chi connectivity index (χ4n) is 1.34. The number of nitrogens with zero attached hydrogens (tertiary/aromatic N) is 2. The SMILES string of the molecule is Fc1cccc(Cc2nc(Br)cc(Br)n2)c1. The number of aromatic nitrogens is 2. The molecule has 0 aliphatic heterocycles. The Morgan fingerprint density at radius 3 is 2.38 bits per heavy atom. The van der Waals surface area contributed by atoms with Crippen molar-refractivity contribution in [2.45, 2.75) is 6.42 Å². The predicted molar refractivity (Wildman–Crippen MR) is 66.6 cm³/mol. The van der Waals surface area contributed by atoms with Crippen LogP contribution in [0, 0.1) is 5.82 Å². The molecule has 0 aliphatic carbocycles. The lowest BCUT2D eigenvalue weighted by Gasteiger charge is -2.02. The molecular weight excluding hydrogens is 339 g/mol. The Kier molecular flexibility index (Phi) is 3.66. The maximum Gasteiger partial charge on any atom is 0.135 e. The quantitative estimate of drug-likeness (QED) is 0.775. The van der Waals surface area contributed by atoms with Crippen LogP contribution in [0.1, 0.15) is 11.4 Å². The van der Waals surface area contributed by atoms with Crippen LogP contribution >= 0.6 is 31.9 Å². The molecule has 1 aromatic heterocycles. The number of benzene rings is 1. The van der Waals surface area contributed by atoms with E-state index in [2.05, 4.69) is 41.8 Å². The minimum atomic E-state index is -0.244. The molecule has 0 saturated heterocycles. The zero-order valence-corrected chi connectivity index (χ0v) is 11.3. The smallest absolute Gasteiger partial charge is 0.135 e. The van der Waals surface area contributed by atoms with E-state index >= 15 is 0 Å². The zero-order chi connectivity index (χ0) is 11.5. The molecule has 0 saturated carbocycles. The molecule has 0 spiro atoms. The van der Waals surface area contributed by atoms with Gasteiger partial charge < -0.3 is 0 Å². The van der Waals surface area contributed by atoms with Gasteiger partial charge in [0.25, 0.3) is 0 Å². The van der Waals surface area contributed by atoms with Gasteiger partial charge >= 0.3 is 0 Å². The summed E-state index contributed by atoms with van der Waals surface area (Å²) in [5, 5.41) is 0. The first-order valence-corrected chi connectivity index (χ1v) is 6.15. The van der Waals surface area contributed by atoms with Crippen LogP contribution in [-0.2, 0) is 6.42 Å². The van der Waals surface area contributed by atoms with Gasteiger partial charge in [-0.15, -0.1) is 0 Å². The summed E-state index contributed by atoms with van der Waals surface area (Å²) in [6.45, 7) is 0. The minimum absolute atomic E-state index is 0.244. The maximum absolute atomic E-state index is 13.0. The molecule has 16 heavy (non-hydrogen) atoms. The van der Waals surface area contributed by atoms with Crippen LogP contribution in [0.5, 0.6) is 0 Å². The topological polar surface area (TPSA) is 25.8 Å². The Morgan fingerprint density at radius 1 is 1.06 bits per heavy atom. The van der Waals surface area contributed by atoms with E-state index in [1.807, 2.05) is 6.07 Å². The van der Waals surface area contributed by atoms with E-state index in [0.717, 1.165) is 5.56 Å². The Bertz CT molecular complexity index is 497. The summed E-state index contributed by atoms with van der Waals surface area (Å²) in [6.07, 6.45) is 0.510. The largest absolute Gasteiger partial charge is 0.226 e. The highest BCUT2D eigenvalue weighted by Gasteiger charge is 2.03. The highest BCUT2D eigenvalue weighted by Crippen LogP contribution is 2.15. The molecule has 2 rings (SSSR count). The Labute approximate surface area is 109 Å². The van der Waals surface area contributed by atoms with Crippen molar-refractivity contribution in [1.29, 1.82) is 0 Å². The average Bonchev–Trinajstić information content (AvgIpc) is 2.15. The van der Waals surface area contributed by atoms with Crippen LogP contribution in [0.3, 0.4) is 0 Å². The Hall–Kier alpha value is -0.810. The molecule has 0 fully saturated rings. The summed E-state index contributed by atoms with van der Waals surface area (Å²) in [7, 11) is 0. The molecule has 5 heteroatoms. The van der Waals surface area contributed by atoms with Gasteiger partial charge in [0.2, 0.25) is 0 Å². The second-order valence-electron chi connectivity index (χ2n) is 3.24. The molecular formula is C11H7Br2FN2. The van der Waals surface area contributed by atoms with Crippen LogP contribution in [0.2, 0.25) is 0 Å². The van der Waals surface area contributed by atoms with Gasteiger partial charge in [-0.3, -0.25) is 0 Å². The molecule has 1 heterocycles. The van der Waals surface area contributed by atoms with Crippen molar-refractivity contribution in [3.63, 3.8) is 0 Å². The molecule has 0 aliphatic rings. The van der Waals surface area contributed by atoms with Crippen molar-refractivity contribution >= 4 is 31.9 Å². The molecule has 2 nitrogen and oxygen atoms in total. The van der Waals surface area contributed by atoms with Crippen molar-refractivity contribution in [3.8, 4) is 0 Å². The monoisotopic (exact) mass is 344 g/mol. The van der Waals surface area contributed by atoms with Crippen LogP contribution in [0.4, 0.5) is 4.39 Å². The van der Waals surface area contributed by atoms with Gasteiger partial charge in [0.1, 0.15) is 20.8 Å². The molecule has 0 bridgehead atoms. The van der Waals surface area contributed by atoms with E-state index in [1.165, 1.54) is 12.1 Å². The second kappa shape index (κ2) is 5.01. The van der Waals surface area contributed by atoms with Gasteiger partial charge in [0.15, 0.2) is 0 Å². The first-order valence-electron chi connectivity index (χ1n) is 4.57. The molecule has 0 atom stereocenters. The molecule has 2 aromatic rings. The molecule has 1 aromatic carbocycles. The zero-order valence-electron chi connectivity index (χ0n) is 8.12. The fraction of sp³-hybridized carbons (Fsp3) is 0.0909. The van der Waals surface area contributed by atoms with Crippen molar-refractivity contribution < 1.29 is 4.39 Å². The van der Waals surface area contributed by atoms with Crippen LogP contribution in [0.15, 0.2) is 39.5 Å². The Morgan fingerprint density at radius 2 is 1.75 bits per heavy atom. The van der Waals surface area contributed by atoms with Crippen LogP contribution in [-0.4, -0.2) is 9.97 Å². The van der Waals surface area contributed by atoms with Crippen LogP contribution < -0.4 is 0 Å². The lowest BCUT2D eigenvalue weighted by atomic mass is 10.1. The van der Waals surface area contributed by atoms with Gasteiger partial charge in [-0.05, 0) is 49.6 Å². The number of halogens is 3. The Balaban J connectivity index is 2.27. The molecule has 0 N–H and O–H groups in total. The van der Waals surface area contributed by atoms with Crippen molar-refractivity contribution in [1.82, 2.24) is 9.97 Å². The third-order valence-electron chi connectivity index (χ3n) is 1.96. The summed E-state index contributed by atoms with van der Waals surface area (Å²) in [6, 6.07) is 8.19.